The number of esters is 1. The molecule has 26 heavy (non-hydrogen) atoms. The summed E-state index contributed by atoms with van der Waals surface area (Å²) in [5.41, 5.74) is -0.500. The van der Waals surface area contributed by atoms with Crippen LogP contribution in [0.25, 0.3) is 0 Å². The van der Waals surface area contributed by atoms with Crippen LogP contribution in [-0.4, -0.2) is 34.5 Å². The number of aliphatic hydroxyl groups is 2. The van der Waals surface area contributed by atoms with Crippen molar-refractivity contribution in [3.8, 4) is 0 Å². The van der Waals surface area contributed by atoms with Crippen LogP contribution in [0.15, 0.2) is 0 Å². The van der Waals surface area contributed by atoms with Crippen LogP contribution in [-0.2, 0) is 9.53 Å². The van der Waals surface area contributed by atoms with Gasteiger partial charge in [-0.1, -0.05) is 72.6 Å². The molecule has 4 nitrogen and oxygen atoms in total. The summed E-state index contributed by atoms with van der Waals surface area (Å²) >= 11 is 0. The molecule has 0 amide bonds. The highest BCUT2D eigenvalue weighted by Crippen LogP contribution is 2.39. The third-order valence-electron chi connectivity index (χ3n) is 5.55. The summed E-state index contributed by atoms with van der Waals surface area (Å²) in [5.74, 6) is -0.341. The first-order valence-electron chi connectivity index (χ1n) is 11.0. The Hall–Kier alpha value is -0.610. The molecule has 2 unspecified atom stereocenters. The highest BCUT2D eigenvalue weighted by atomic mass is 16.6. The fraction of sp³-hybridized carbons (Fsp3) is 0.955. The lowest BCUT2D eigenvalue weighted by Crippen LogP contribution is -2.45. The van der Waals surface area contributed by atoms with Gasteiger partial charge in [0, 0.05) is 0 Å². The summed E-state index contributed by atoms with van der Waals surface area (Å²) in [7, 11) is 0. The zero-order valence-electron chi connectivity index (χ0n) is 17.8. The van der Waals surface area contributed by atoms with Crippen molar-refractivity contribution >= 4 is 5.97 Å². The van der Waals surface area contributed by atoms with Crippen molar-refractivity contribution in [1.29, 1.82) is 0 Å². The monoisotopic (exact) mass is 372 g/mol. The van der Waals surface area contributed by atoms with Gasteiger partial charge in [0.2, 0.25) is 0 Å². The van der Waals surface area contributed by atoms with E-state index in [1.807, 2.05) is 0 Å². The number of hydrogen-bond donors (Lipinski definition) is 2. The highest BCUT2D eigenvalue weighted by molar-refractivity contribution is 5.75. The van der Waals surface area contributed by atoms with E-state index in [0.717, 1.165) is 70.6 Å². The van der Waals surface area contributed by atoms with Gasteiger partial charge in [-0.25, -0.2) is 4.79 Å². The Kier molecular flexibility index (Phi) is 15.1. The molecule has 0 saturated carbocycles. The molecule has 4 heteroatoms. The Balaban J connectivity index is 5.44. The van der Waals surface area contributed by atoms with E-state index >= 15 is 0 Å². The van der Waals surface area contributed by atoms with Crippen LogP contribution in [0.1, 0.15) is 111 Å². The normalized spacial score (nSPS) is 14.2. The van der Waals surface area contributed by atoms with Gasteiger partial charge in [0.25, 0.3) is 0 Å². The molecule has 0 aromatic carbocycles. The van der Waals surface area contributed by atoms with Crippen LogP contribution in [0.5, 0.6) is 0 Å². The van der Waals surface area contributed by atoms with Crippen molar-refractivity contribution in [2.45, 2.75) is 123 Å². The van der Waals surface area contributed by atoms with E-state index in [-0.39, 0.29) is 0 Å². The van der Waals surface area contributed by atoms with Crippen molar-refractivity contribution in [1.82, 2.24) is 0 Å². The topological polar surface area (TPSA) is 66.8 Å². The summed E-state index contributed by atoms with van der Waals surface area (Å²) in [6.45, 7) is 8.17. The Labute approximate surface area is 161 Å². The lowest BCUT2D eigenvalue weighted by atomic mass is 9.75. The van der Waals surface area contributed by atoms with Crippen LogP contribution in [0, 0.1) is 5.92 Å². The summed E-state index contributed by atoms with van der Waals surface area (Å²) in [6, 6.07) is 0. The fourth-order valence-corrected chi connectivity index (χ4v) is 3.89. The van der Waals surface area contributed by atoms with Crippen molar-refractivity contribution < 1.29 is 19.7 Å². The molecule has 0 spiro atoms. The molecule has 0 heterocycles. The van der Waals surface area contributed by atoms with Crippen molar-refractivity contribution in [2.24, 2.45) is 5.92 Å². The van der Waals surface area contributed by atoms with Crippen LogP contribution >= 0.6 is 0 Å². The number of carbonyl (C=O) groups excluding carboxylic acids is 1. The van der Waals surface area contributed by atoms with E-state index in [1.54, 1.807) is 0 Å². The number of ether oxygens (including phenoxy) is 1. The van der Waals surface area contributed by atoms with Gasteiger partial charge in [-0.15, -0.1) is 0 Å². The second-order valence-corrected chi connectivity index (χ2v) is 7.70. The minimum Gasteiger partial charge on any atom is -0.457 e. The van der Waals surface area contributed by atoms with Crippen LogP contribution in [0.3, 0.4) is 0 Å². The van der Waals surface area contributed by atoms with Crippen molar-refractivity contribution in [3.63, 3.8) is 0 Å². The average molecular weight is 373 g/mol. The quantitative estimate of drug-likeness (QED) is 0.265. The molecular formula is C22H44O4. The molecule has 156 valence electrons. The molecule has 0 aromatic rings. The number of unbranched alkanes of at least 4 members (excludes halogenated alkanes) is 6. The Morgan fingerprint density at radius 3 is 1.81 bits per heavy atom. The number of carbonyl (C=O) groups is 1. The SMILES string of the molecule is CCCCCC(CC)C(CCCCC)(CCCCC)OC(=O)C(O)CO. The molecule has 2 N–H and O–H groups in total. The van der Waals surface area contributed by atoms with E-state index in [1.165, 1.54) is 12.8 Å². The largest absolute Gasteiger partial charge is 0.457 e. The summed E-state index contributed by atoms with van der Waals surface area (Å²) in [5, 5.41) is 18.9. The molecule has 0 aliphatic carbocycles. The van der Waals surface area contributed by atoms with E-state index in [9.17, 15) is 9.90 Å². The smallest absolute Gasteiger partial charge is 0.337 e. The third kappa shape index (κ3) is 9.36. The molecule has 0 saturated heterocycles. The predicted octanol–water partition coefficient (Wildman–Crippen LogP) is 5.39. The third-order valence-corrected chi connectivity index (χ3v) is 5.55. The first kappa shape index (κ1) is 25.4. The summed E-state index contributed by atoms with van der Waals surface area (Å²) in [4.78, 5) is 12.4. The van der Waals surface area contributed by atoms with Gasteiger partial charge in [0.15, 0.2) is 6.10 Å². The van der Waals surface area contributed by atoms with Gasteiger partial charge >= 0.3 is 5.97 Å². The number of aliphatic hydroxyl groups excluding tert-OH is 2. The minimum absolute atomic E-state index is 0.317. The number of hydrogen-bond acceptors (Lipinski definition) is 4. The number of rotatable bonds is 17. The zero-order valence-corrected chi connectivity index (χ0v) is 17.8. The van der Waals surface area contributed by atoms with E-state index < -0.39 is 24.3 Å². The molecule has 0 fully saturated rings. The van der Waals surface area contributed by atoms with E-state index in [4.69, 9.17) is 9.84 Å². The lowest BCUT2D eigenvalue weighted by Gasteiger charge is -2.41. The standard InChI is InChI=1S/C22H44O4/c1-5-9-12-15-19(8-4)22(16-13-10-6-2,17-14-11-7-3)26-21(25)20(24)18-23/h19-20,23-24H,5-18H2,1-4H3. The van der Waals surface area contributed by atoms with Gasteiger partial charge < -0.3 is 14.9 Å². The van der Waals surface area contributed by atoms with Crippen molar-refractivity contribution in [3.05, 3.63) is 0 Å². The van der Waals surface area contributed by atoms with Gasteiger partial charge in [-0.05, 0) is 44.4 Å². The predicted molar refractivity (Wildman–Crippen MR) is 108 cm³/mol. The molecule has 0 aliphatic rings. The van der Waals surface area contributed by atoms with Crippen molar-refractivity contribution in [2.75, 3.05) is 6.61 Å². The second-order valence-electron chi connectivity index (χ2n) is 7.70. The first-order valence-corrected chi connectivity index (χ1v) is 11.0. The van der Waals surface area contributed by atoms with Gasteiger partial charge in [0.1, 0.15) is 5.60 Å². The molecule has 0 aromatic heterocycles. The Morgan fingerprint density at radius 1 is 0.885 bits per heavy atom. The Bertz CT molecular complexity index is 333. The van der Waals surface area contributed by atoms with Gasteiger partial charge in [-0.2, -0.15) is 0 Å². The maximum Gasteiger partial charge on any atom is 0.337 e. The molecule has 0 rings (SSSR count). The fourth-order valence-electron chi connectivity index (χ4n) is 3.89. The Morgan fingerprint density at radius 2 is 1.38 bits per heavy atom. The minimum atomic E-state index is -1.43. The average Bonchev–Trinajstić information content (AvgIpc) is 2.64. The van der Waals surface area contributed by atoms with Crippen LogP contribution < -0.4 is 0 Å². The van der Waals surface area contributed by atoms with Crippen LogP contribution in [0.4, 0.5) is 0 Å². The van der Waals surface area contributed by atoms with E-state index in [2.05, 4.69) is 27.7 Å². The van der Waals surface area contributed by atoms with Crippen LogP contribution in [0.2, 0.25) is 0 Å². The molecule has 0 aliphatic heterocycles. The summed E-state index contributed by atoms with van der Waals surface area (Å²) in [6.07, 6.45) is 12.4. The molecule has 0 bridgehead atoms. The first-order chi connectivity index (χ1) is 12.5. The van der Waals surface area contributed by atoms with E-state index in [0.29, 0.717) is 5.92 Å². The van der Waals surface area contributed by atoms with Gasteiger partial charge in [-0.3, -0.25) is 0 Å². The molecular weight excluding hydrogens is 328 g/mol. The maximum atomic E-state index is 12.4. The maximum absolute atomic E-state index is 12.4. The zero-order chi connectivity index (χ0) is 19.8. The molecule has 0 radical (unpaired) electrons. The van der Waals surface area contributed by atoms with Gasteiger partial charge in [0.05, 0.1) is 6.61 Å². The highest BCUT2D eigenvalue weighted by Gasteiger charge is 2.41. The molecule has 2 atom stereocenters. The second kappa shape index (κ2) is 15.4. The lowest BCUT2D eigenvalue weighted by molar-refractivity contribution is -0.182. The summed E-state index contributed by atoms with van der Waals surface area (Å²) < 4.78 is 6.02.